The van der Waals surface area contributed by atoms with Crippen molar-refractivity contribution in [1.82, 2.24) is 0 Å². The molecule has 0 N–H and O–H groups in total. The van der Waals surface area contributed by atoms with Crippen LogP contribution in [-0.2, 0) is 19.0 Å². The maximum Gasteiger partial charge on any atom is 0.338 e. The fraction of sp³-hybridized carbons (Fsp3) is 0.179. The van der Waals surface area contributed by atoms with Crippen LogP contribution in [0.5, 0.6) is 0 Å². The van der Waals surface area contributed by atoms with Crippen molar-refractivity contribution in [2.75, 3.05) is 7.11 Å². The minimum absolute atomic E-state index is 0.291. The average molecular weight is 459 g/mol. The lowest BCUT2D eigenvalue weighted by molar-refractivity contribution is -0.132. The summed E-state index contributed by atoms with van der Waals surface area (Å²) in [5.74, 6) is -0.667. The standard InChI is InChI=1S/C20H18O4.C8H8O2/c1-14-11-18(12-19(14)23-13-21)24-20(22)17-9-7-16(8-10-17)15-5-3-2-4-6-15;1-10-8(9)7-5-3-2-4-6-7/h2-10,13,18-19H,1,11-12H2;2-6H,1H3/t18-,19-;/m1./s1. The van der Waals surface area contributed by atoms with Crippen LogP contribution >= 0.6 is 0 Å². The van der Waals surface area contributed by atoms with Gasteiger partial charge in [0.15, 0.2) is 0 Å². The van der Waals surface area contributed by atoms with Crippen molar-refractivity contribution in [3.05, 3.63) is 108 Å². The molecule has 34 heavy (non-hydrogen) atoms. The molecule has 174 valence electrons. The van der Waals surface area contributed by atoms with E-state index in [1.165, 1.54) is 7.11 Å². The second-order valence-corrected chi connectivity index (χ2v) is 7.65. The molecule has 1 fully saturated rings. The van der Waals surface area contributed by atoms with Crippen LogP contribution in [0.1, 0.15) is 33.6 Å². The van der Waals surface area contributed by atoms with E-state index in [0.29, 0.717) is 30.4 Å². The number of methoxy groups -OCH3 is 1. The van der Waals surface area contributed by atoms with E-state index in [4.69, 9.17) is 9.47 Å². The Morgan fingerprint density at radius 1 is 0.824 bits per heavy atom. The topological polar surface area (TPSA) is 78.9 Å². The van der Waals surface area contributed by atoms with Gasteiger partial charge in [-0.25, -0.2) is 9.59 Å². The van der Waals surface area contributed by atoms with E-state index in [0.717, 1.165) is 16.7 Å². The Kier molecular flexibility index (Phi) is 8.74. The third-order valence-corrected chi connectivity index (χ3v) is 5.34. The first-order valence-electron chi connectivity index (χ1n) is 10.8. The number of rotatable bonds is 6. The third kappa shape index (κ3) is 6.65. The highest BCUT2D eigenvalue weighted by molar-refractivity contribution is 5.90. The van der Waals surface area contributed by atoms with Crippen LogP contribution in [0.3, 0.4) is 0 Å². The van der Waals surface area contributed by atoms with Crippen LogP contribution < -0.4 is 0 Å². The Bertz CT molecular complexity index is 1110. The molecule has 1 aliphatic carbocycles. The summed E-state index contributed by atoms with van der Waals surface area (Å²) in [7, 11) is 1.37. The molecular weight excluding hydrogens is 432 g/mol. The van der Waals surface area contributed by atoms with E-state index >= 15 is 0 Å². The number of benzene rings is 3. The fourth-order valence-electron chi connectivity index (χ4n) is 3.56. The molecule has 0 bridgehead atoms. The molecule has 0 spiro atoms. The summed E-state index contributed by atoms with van der Waals surface area (Å²) < 4.78 is 14.9. The Labute approximate surface area is 198 Å². The molecule has 1 saturated carbocycles. The van der Waals surface area contributed by atoms with Gasteiger partial charge in [0.05, 0.1) is 18.2 Å². The van der Waals surface area contributed by atoms with Crippen LogP contribution in [0.25, 0.3) is 11.1 Å². The number of esters is 2. The first-order chi connectivity index (χ1) is 16.5. The van der Waals surface area contributed by atoms with Gasteiger partial charge in [-0.3, -0.25) is 4.79 Å². The molecule has 4 rings (SSSR count). The molecule has 3 aromatic carbocycles. The summed E-state index contributed by atoms with van der Waals surface area (Å²) in [6.07, 6.45) is 0.321. The van der Waals surface area contributed by atoms with E-state index in [9.17, 15) is 14.4 Å². The summed E-state index contributed by atoms with van der Waals surface area (Å²) in [4.78, 5) is 33.5. The van der Waals surface area contributed by atoms with E-state index in [1.54, 1.807) is 36.4 Å². The van der Waals surface area contributed by atoms with Crippen LogP contribution in [0.4, 0.5) is 0 Å². The van der Waals surface area contributed by atoms with Gasteiger partial charge in [-0.15, -0.1) is 0 Å². The lowest BCUT2D eigenvalue weighted by Gasteiger charge is -2.12. The summed E-state index contributed by atoms with van der Waals surface area (Å²) in [6.45, 7) is 4.26. The van der Waals surface area contributed by atoms with Gasteiger partial charge in [0.2, 0.25) is 0 Å². The molecule has 2 atom stereocenters. The summed E-state index contributed by atoms with van der Waals surface area (Å²) in [5, 5.41) is 0. The molecule has 0 aliphatic heterocycles. The number of carbonyl (C=O) groups excluding carboxylic acids is 3. The number of hydrogen-bond donors (Lipinski definition) is 0. The average Bonchev–Trinajstić information content (AvgIpc) is 3.23. The van der Waals surface area contributed by atoms with E-state index in [1.807, 2.05) is 48.5 Å². The highest BCUT2D eigenvalue weighted by Gasteiger charge is 2.32. The fourth-order valence-corrected chi connectivity index (χ4v) is 3.56. The molecule has 0 unspecified atom stereocenters. The van der Waals surface area contributed by atoms with Crippen molar-refractivity contribution in [2.24, 2.45) is 0 Å². The Morgan fingerprint density at radius 2 is 1.38 bits per heavy atom. The van der Waals surface area contributed by atoms with Crippen molar-refractivity contribution < 1.29 is 28.6 Å². The van der Waals surface area contributed by atoms with Crippen molar-refractivity contribution in [1.29, 1.82) is 0 Å². The minimum Gasteiger partial charge on any atom is -0.465 e. The molecule has 3 aromatic rings. The van der Waals surface area contributed by atoms with Gasteiger partial charge < -0.3 is 14.2 Å². The van der Waals surface area contributed by atoms with E-state index < -0.39 is 0 Å². The maximum absolute atomic E-state index is 12.3. The number of ether oxygens (including phenoxy) is 3. The molecule has 6 nitrogen and oxygen atoms in total. The Balaban J connectivity index is 0.000000271. The van der Waals surface area contributed by atoms with Crippen LogP contribution in [0.15, 0.2) is 97.1 Å². The molecule has 6 heteroatoms. The molecule has 0 saturated heterocycles. The third-order valence-electron chi connectivity index (χ3n) is 5.34. The lowest BCUT2D eigenvalue weighted by atomic mass is 10.0. The summed E-state index contributed by atoms with van der Waals surface area (Å²) >= 11 is 0. The van der Waals surface area contributed by atoms with Crippen LogP contribution in [0, 0.1) is 0 Å². The van der Waals surface area contributed by atoms with Crippen LogP contribution in [0.2, 0.25) is 0 Å². The van der Waals surface area contributed by atoms with Gasteiger partial charge in [0.25, 0.3) is 6.47 Å². The monoisotopic (exact) mass is 458 g/mol. The second-order valence-electron chi connectivity index (χ2n) is 7.65. The van der Waals surface area contributed by atoms with Gasteiger partial charge >= 0.3 is 11.9 Å². The molecule has 0 amide bonds. The quantitative estimate of drug-likeness (QED) is 0.217. The zero-order valence-electron chi connectivity index (χ0n) is 18.9. The first kappa shape index (κ1) is 24.5. The van der Waals surface area contributed by atoms with E-state index in [2.05, 4.69) is 11.3 Å². The SMILES string of the molecule is C=C1C[C@@H](OC(=O)c2ccc(-c3ccccc3)cc2)C[C@H]1OC=O.COC(=O)c1ccccc1. The van der Waals surface area contributed by atoms with Gasteiger partial charge in [-0.1, -0.05) is 67.2 Å². The van der Waals surface area contributed by atoms with Crippen molar-refractivity contribution in [2.45, 2.75) is 25.0 Å². The first-order valence-corrected chi connectivity index (χ1v) is 10.8. The van der Waals surface area contributed by atoms with Gasteiger partial charge in [-0.2, -0.15) is 0 Å². The summed E-state index contributed by atoms with van der Waals surface area (Å²) in [5.41, 5.74) is 4.00. The molecule has 0 heterocycles. The predicted octanol–water partition coefficient (Wildman–Crippen LogP) is 5.24. The largest absolute Gasteiger partial charge is 0.465 e. The molecule has 0 aromatic heterocycles. The van der Waals surface area contributed by atoms with E-state index in [-0.39, 0.29) is 24.1 Å². The maximum atomic E-state index is 12.3. The Morgan fingerprint density at radius 3 is 1.97 bits per heavy atom. The van der Waals surface area contributed by atoms with Gasteiger partial charge in [0, 0.05) is 12.8 Å². The lowest BCUT2D eigenvalue weighted by Crippen LogP contribution is -2.17. The Hall–Kier alpha value is -4.19. The van der Waals surface area contributed by atoms with Crippen molar-refractivity contribution in [3.8, 4) is 11.1 Å². The minimum atomic E-state index is -0.376. The predicted molar refractivity (Wildman–Crippen MR) is 128 cm³/mol. The highest BCUT2D eigenvalue weighted by Crippen LogP contribution is 2.29. The zero-order valence-corrected chi connectivity index (χ0v) is 18.9. The molecular formula is C28H26O6. The molecule has 1 aliphatic rings. The summed E-state index contributed by atoms with van der Waals surface area (Å²) in [6, 6.07) is 26.1. The number of hydrogen-bond acceptors (Lipinski definition) is 6. The highest BCUT2D eigenvalue weighted by atomic mass is 16.6. The van der Waals surface area contributed by atoms with Crippen molar-refractivity contribution in [3.63, 3.8) is 0 Å². The van der Waals surface area contributed by atoms with Crippen molar-refractivity contribution >= 4 is 18.4 Å². The molecule has 0 radical (unpaired) electrons. The zero-order chi connectivity index (χ0) is 24.3. The normalized spacial score (nSPS) is 16.6. The second kappa shape index (κ2) is 12.2. The van der Waals surface area contributed by atoms with Crippen LogP contribution in [-0.4, -0.2) is 37.7 Å². The van der Waals surface area contributed by atoms with Gasteiger partial charge in [0.1, 0.15) is 12.2 Å². The smallest absolute Gasteiger partial charge is 0.338 e. The number of carbonyl (C=O) groups is 3. The van der Waals surface area contributed by atoms with Gasteiger partial charge in [-0.05, 0) is 41.0 Å².